The number of nitrogens with zero attached hydrogens (tertiary/aromatic N) is 1. The molecule has 27 heavy (non-hydrogen) atoms. The molecule has 6 nitrogen and oxygen atoms in total. The van der Waals surface area contributed by atoms with Crippen LogP contribution in [-0.2, 0) is 21.2 Å². The van der Waals surface area contributed by atoms with Crippen LogP contribution in [0.4, 0.5) is 4.39 Å². The quantitative estimate of drug-likeness (QED) is 0.691. The number of hydrogen-bond acceptors (Lipinski definition) is 4. The Bertz CT molecular complexity index is 1120. The number of fused-ring (bicyclic) bond motifs is 1. The van der Waals surface area contributed by atoms with E-state index in [0.29, 0.717) is 28.1 Å². The van der Waals surface area contributed by atoms with Gasteiger partial charge in [-0.3, -0.25) is 4.79 Å². The summed E-state index contributed by atoms with van der Waals surface area (Å²) in [5.74, 6) is -0.804. The van der Waals surface area contributed by atoms with Crippen LogP contribution in [0.3, 0.4) is 0 Å². The second-order valence-electron chi connectivity index (χ2n) is 6.03. The van der Waals surface area contributed by atoms with Crippen LogP contribution in [0.1, 0.15) is 12.6 Å². The van der Waals surface area contributed by atoms with Gasteiger partial charge in [-0.15, -0.1) is 0 Å². The van der Waals surface area contributed by atoms with E-state index in [-0.39, 0.29) is 17.2 Å². The number of benzene rings is 2. The molecule has 3 rings (SSSR count). The lowest BCUT2D eigenvalue weighted by Crippen LogP contribution is -2.09. The molecule has 0 fully saturated rings. The maximum absolute atomic E-state index is 13.7. The van der Waals surface area contributed by atoms with E-state index in [1.54, 1.807) is 13.8 Å². The predicted octanol–water partition coefficient (Wildman–Crippen LogP) is 3.76. The lowest BCUT2D eigenvalue weighted by Gasteiger charge is -2.08. The molecule has 0 radical (unpaired) electrons. The molecular formula is C19H18FNO5S. The molecule has 0 spiro atoms. The molecule has 2 aromatic carbocycles. The smallest absolute Gasteiger partial charge is 0.323 e. The zero-order chi connectivity index (χ0) is 19.8. The highest BCUT2D eigenvalue weighted by atomic mass is 32.2. The van der Waals surface area contributed by atoms with Gasteiger partial charge in [-0.25, -0.2) is 12.8 Å². The second kappa shape index (κ2) is 7.03. The molecule has 3 aromatic rings. The highest BCUT2D eigenvalue weighted by Crippen LogP contribution is 2.36. The predicted molar refractivity (Wildman–Crippen MR) is 98.5 cm³/mol. The van der Waals surface area contributed by atoms with Gasteiger partial charge in [0.15, 0.2) is 15.6 Å². The van der Waals surface area contributed by atoms with Crippen molar-refractivity contribution < 1.29 is 27.4 Å². The van der Waals surface area contributed by atoms with Crippen LogP contribution in [-0.4, -0.2) is 29.8 Å². The van der Waals surface area contributed by atoms with Gasteiger partial charge in [0, 0.05) is 5.39 Å². The number of carboxylic acids is 1. The minimum absolute atomic E-state index is 0.00569. The third-order valence-corrected chi connectivity index (χ3v) is 6.05. The van der Waals surface area contributed by atoms with Crippen LogP contribution in [0.2, 0.25) is 0 Å². The molecule has 0 saturated carbocycles. The number of rotatable bonds is 6. The SMILES string of the molecule is CCS(=O)(=O)c1ccc(Oc2c(C)n(CC(=O)O)c3ccc(F)cc23)cc1. The molecule has 0 amide bonds. The van der Waals surface area contributed by atoms with Crippen LogP contribution in [0.15, 0.2) is 47.4 Å². The summed E-state index contributed by atoms with van der Waals surface area (Å²) < 4.78 is 44.9. The summed E-state index contributed by atoms with van der Waals surface area (Å²) >= 11 is 0. The molecule has 1 aromatic heterocycles. The Morgan fingerprint density at radius 2 is 1.85 bits per heavy atom. The molecule has 0 saturated heterocycles. The number of ether oxygens (including phenoxy) is 1. The van der Waals surface area contributed by atoms with E-state index < -0.39 is 21.6 Å². The van der Waals surface area contributed by atoms with Crippen molar-refractivity contribution in [2.24, 2.45) is 0 Å². The van der Waals surface area contributed by atoms with Gasteiger partial charge in [-0.2, -0.15) is 0 Å². The monoisotopic (exact) mass is 391 g/mol. The molecule has 0 atom stereocenters. The Balaban J connectivity index is 2.05. The first kappa shape index (κ1) is 18.9. The van der Waals surface area contributed by atoms with E-state index in [9.17, 15) is 17.6 Å². The zero-order valence-corrected chi connectivity index (χ0v) is 15.6. The van der Waals surface area contributed by atoms with E-state index in [2.05, 4.69) is 0 Å². The summed E-state index contributed by atoms with van der Waals surface area (Å²) in [4.78, 5) is 11.4. The van der Waals surface area contributed by atoms with Crippen LogP contribution >= 0.6 is 0 Å². The average molecular weight is 391 g/mol. The standard InChI is InChI=1S/C19H18FNO5S/c1-3-27(24,25)15-7-5-14(6-8-15)26-19-12(2)21(11-18(22)23)17-9-4-13(20)10-16(17)19/h4-10H,3,11H2,1-2H3,(H,22,23). The molecule has 142 valence electrons. The molecule has 0 unspecified atom stereocenters. The van der Waals surface area contributed by atoms with Gasteiger partial charge >= 0.3 is 5.97 Å². The summed E-state index contributed by atoms with van der Waals surface area (Å²) in [5.41, 5.74) is 1.07. The Morgan fingerprint density at radius 3 is 2.44 bits per heavy atom. The maximum atomic E-state index is 13.7. The van der Waals surface area contributed by atoms with Crippen molar-refractivity contribution in [3.63, 3.8) is 0 Å². The highest BCUT2D eigenvalue weighted by molar-refractivity contribution is 7.91. The first-order valence-corrected chi connectivity index (χ1v) is 9.89. The molecule has 0 aliphatic rings. The fourth-order valence-corrected chi connectivity index (χ4v) is 3.78. The van der Waals surface area contributed by atoms with Gasteiger partial charge in [0.05, 0.1) is 21.9 Å². The van der Waals surface area contributed by atoms with Crippen molar-refractivity contribution in [3.8, 4) is 11.5 Å². The van der Waals surface area contributed by atoms with Gasteiger partial charge < -0.3 is 14.4 Å². The fourth-order valence-electron chi connectivity index (χ4n) is 2.89. The largest absolute Gasteiger partial charge is 0.480 e. The number of halogens is 1. The van der Waals surface area contributed by atoms with E-state index >= 15 is 0 Å². The molecular weight excluding hydrogens is 373 g/mol. The third kappa shape index (κ3) is 3.66. The van der Waals surface area contributed by atoms with Crippen molar-refractivity contribution in [1.82, 2.24) is 4.57 Å². The maximum Gasteiger partial charge on any atom is 0.323 e. The van der Waals surface area contributed by atoms with Crippen molar-refractivity contribution in [3.05, 3.63) is 54.0 Å². The Labute approximate surface area is 155 Å². The van der Waals surface area contributed by atoms with Crippen LogP contribution in [0.25, 0.3) is 10.9 Å². The van der Waals surface area contributed by atoms with E-state index in [0.717, 1.165) is 0 Å². The first-order chi connectivity index (χ1) is 12.7. The Morgan fingerprint density at radius 1 is 1.19 bits per heavy atom. The molecule has 0 aliphatic carbocycles. The van der Waals surface area contributed by atoms with Gasteiger partial charge in [-0.1, -0.05) is 6.92 Å². The highest BCUT2D eigenvalue weighted by Gasteiger charge is 2.19. The first-order valence-electron chi connectivity index (χ1n) is 8.23. The van der Waals surface area contributed by atoms with E-state index in [1.165, 1.54) is 47.0 Å². The lowest BCUT2D eigenvalue weighted by molar-refractivity contribution is -0.137. The molecule has 0 bridgehead atoms. The topological polar surface area (TPSA) is 85.6 Å². The van der Waals surface area contributed by atoms with Crippen molar-refractivity contribution in [2.75, 3.05) is 5.75 Å². The lowest BCUT2D eigenvalue weighted by atomic mass is 10.2. The second-order valence-corrected chi connectivity index (χ2v) is 8.31. The summed E-state index contributed by atoms with van der Waals surface area (Å²) in [6.07, 6.45) is 0. The van der Waals surface area contributed by atoms with Gasteiger partial charge in [0.1, 0.15) is 18.1 Å². The van der Waals surface area contributed by atoms with Crippen LogP contribution in [0, 0.1) is 12.7 Å². The minimum Gasteiger partial charge on any atom is -0.480 e. The number of sulfone groups is 1. The van der Waals surface area contributed by atoms with Gasteiger partial charge in [0.2, 0.25) is 0 Å². The summed E-state index contributed by atoms with van der Waals surface area (Å²) in [7, 11) is -3.32. The number of aromatic nitrogens is 1. The fraction of sp³-hybridized carbons (Fsp3) is 0.211. The zero-order valence-electron chi connectivity index (χ0n) is 14.8. The minimum atomic E-state index is -3.32. The summed E-state index contributed by atoms with van der Waals surface area (Å²) in [6, 6.07) is 9.97. The number of carbonyl (C=O) groups is 1. The van der Waals surface area contributed by atoms with Crippen molar-refractivity contribution >= 4 is 26.7 Å². The normalized spacial score (nSPS) is 11.7. The summed E-state index contributed by atoms with van der Waals surface area (Å²) in [6.45, 7) is 2.96. The third-order valence-electron chi connectivity index (χ3n) is 4.30. The molecule has 8 heteroatoms. The van der Waals surface area contributed by atoms with Crippen molar-refractivity contribution in [2.45, 2.75) is 25.3 Å². The van der Waals surface area contributed by atoms with Gasteiger partial charge in [-0.05, 0) is 49.4 Å². The average Bonchev–Trinajstić information content (AvgIpc) is 2.87. The van der Waals surface area contributed by atoms with Crippen molar-refractivity contribution in [1.29, 1.82) is 0 Å². The number of hydrogen-bond donors (Lipinski definition) is 1. The Kier molecular flexibility index (Phi) is 4.93. The molecule has 1 heterocycles. The number of aliphatic carboxylic acids is 1. The Hall–Kier alpha value is -2.87. The van der Waals surface area contributed by atoms with Gasteiger partial charge in [0.25, 0.3) is 0 Å². The van der Waals surface area contributed by atoms with Crippen LogP contribution in [0.5, 0.6) is 11.5 Å². The molecule has 0 aliphatic heterocycles. The number of carboxylic acid groups (broad SMARTS) is 1. The van der Waals surface area contributed by atoms with E-state index in [4.69, 9.17) is 9.84 Å². The van der Waals surface area contributed by atoms with Crippen LogP contribution < -0.4 is 4.74 Å². The summed E-state index contributed by atoms with van der Waals surface area (Å²) in [5, 5.41) is 9.59. The molecule has 1 N–H and O–H groups in total. The van der Waals surface area contributed by atoms with E-state index in [1.807, 2.05) is 0 Å².